The van der Waals surface area contributed by atoms with E-state index in [0.717, 1.165) is 5.56 Å². The van der Waals surface area contributed by atoms with Gasteiger partial charge in [0.25, 0.3) is 5.91 Å². The van der Waals surface area contributed by atoms with Crippen LogP contribution in [0.5, 0.6) is 5.75 Å². The van der Waals surface area contributed by atoms with Crippen molar-refractivity contribution < 1.29 is 13.9 Å². The molecule has 1 amide bonds. The first kappa shape index (κ1) is 13.4. The first-order chi connectivity index (χ1) is 9.63. The molecule has 2 fully saturated rings. The number of halogens is 1. The molecule has 1 aromatic rings. The summed E-state index contributed by atoms with van der Waals surface area (Å²) in [6.45, 7) is 1.33. The third-order valence-corrected chi connectivity index (χ3v) is 3.82. The van der Waals surface area contributed by atoms with E-state index in [-0.39, 0.29) is 11.7 Å². The Morgan fingerprint density at radius 3 is 2.80 bits per heavy atom. The normalized spacial score (nSPS) is 22.4. The van der Waals surface area contributed by atoms with Crippen molar-refractivity contribution in [2.45, 2.75) is 38.0 Å². The number of rotatable bonds is 5. The second kappa shape index (κ2) is 5.40. The van der Waals surface area contributed by atoms with Crippen LogP contribution in [0.4, 0.5) is 4.39 Å². The van der Waals surface area contributed by atoms with E-state index in [1.165, 1.54) is 18.9 Å². The fourth-order valence-electron chi connectivity index (χ4n) is 2.35. The molecule has 1 heterocycles. The molecule has 1 aromatic carbocycles. The molecule has 20 heavy (non-hydrogen) atoms. The highest BCUT2D eigenvalue weighted by Gasteiger charge is 2.31. The highest BCUT2D eigenvalue weighted by atomic mass is 19.1. The molecule has 5 heteroatoms. The van der Waals surface area contributed by atoms with Crippen molar-refractivity contribution in [3.63, 3.8) is 0 Å². The third-order valence-electron chi connectivity index (χ3n) is 3.82. The Bertz CT molecular complexity index is 517. The van der Waals surface area contributed by atoms with Crippen LogP contribution in [0.15, 0.2) is 18.2 Å². The number of carbonyl (C=O) groups excluding carboxylic acids is 1. The molecule has 1 unspecified atom stereocenters. The van der Waals surface area contributed by atoms with E-state index in [9.17, 15) is 9.18 Å². The monoisotopic (exact) mass is 278 g/mol. The Hall–Kier alpha value is -1.62. The Morgan fingerprint density at radius 1 is 1.40 bits per heavy atom. The summed E-state index contributed by atoms with van der Waals surface area (Å²) in [5.74, 6) is -0.319. The SMILES string of the molecule is CN1CCC(Oc2ccc(CNC3CC3)cc2F)C1=O. The largest absolute Gasteiger partial charge is 0.477 e. The number of nitrogens with one attached hydrogen (secondary N) is 1. The summed E-state index contributed by atoms with van der Waals surface area (Å²) in [6, 6.07) is 5.54. The molecule has 1 N–H and O–H groups in total. The Kier molecular flexibility index (Phi) is 3.61. The average molecular weight is 278 g/mol. The van der Waals surface area contributed by atoms with E-state index in [1.807, 2.05) is 6.07 Å². The fourth-order valence-corrected chi connectivity index (χ4v) is 2.35. The number of benzene rings is 1. The van der Waals surface area contributed by atoms with Gasteiger partial charge in [-0.25, -0.2) is 4.39 Å². The number of likely N-dealkylation sites (tertiary alicyclic amines) is 1. The van der Waals surface area contributed by atoms with Gasteiger partial charge in [0.1, 0.15) is 0 Å². The molecule has 3 rings (SSSR count). The van der Waals surface area contributed by atoms with Crippen LogP contribution in [0.25, 0.3) is 0 Å². The lowest BCUT2D eigenvalue weighted by Gasteiger charge is -2.14. The van der Waals surface area contributed by atoms with Gasteiger partial charge < -0.3 is 15.0 Å². The lowest BCUT2D eigenvalue weighted by atomic mass is 10.2. The quantitative estimate of drug-likeness (QED) is 0.891. The number of carbonyl (C=O) groups is 1. The zero-order chi connectivity index (χ0) is 14.1. The predicted octanol–water partition coefficient (Wildman–Crippen LogP) is 1.69. The maximum atomic E-state index is 14.0. The van der Waals surface area contributed by atoms with Gasteiger partial charge in [-0.05, 0) is 30.5 Å². The van der Waals surface area contributed by atoms with Crippen molar-refractivity contribution in [2.75, 3.05) is 13.6 Å². The second-order valence-electron chi connectivity index (χ2n) is 5.57. The van der Waals surface area contributed by atoms with Gasteiger partial charge in [0.05, 0.1) is 0 Å². The van der Waals surface area contributed by atoms with Crippen molar-refractivity contribution in [3.05, 3.63) is 29.6 Å². The van der Waals surface area contributed by atoms with Crippen LogP contribution in [-0.4, -0.2) is 36.5 Å². The third kappa shape index (κ3) is 2.93. The molecule has 0 bridgehead atoms. The van der Waals surface area contributed by atoms with Gasteiger partial charge >= 0.3 is 0 Å². The van der Waals surface area contributed by atoms with Gasteiger partial charge in [0, 0.05) is 32.6 Å². The molecule has 4 nitrogen and oxygen atoms in total. The molecule has 1 saturated heterocycles. The number of nitrogens with zero attached hydrogens (tertiary/aromatic N) is 1. The molecule has 2 aliphatic rings. The smallest absolute Gasteiger partial charge is 0.263 e. The van der Waals surface area contributed by atoms with Crippen LogP contribution in [0.3, 0.4) is 0 Å². The molecule has 1 atom stereocenters. The Morgan fingerprint density at radius 2 is 2.20 bits per heavy atom. The van der Waals surface area contributed by atoms with E-state index < -0.39 is 11.9 Å². The van der Waals surface area contributed by atoms with Gasteiger partial charge in [0.15, 0.2) is 17.7 Å². The van der Waals surface area contributed by atoms with Crippen molar-refractivity contribution in [2.24, 2.45) is 0 Å². The topological polar surface area (TPSA) is 41.6 Å². The number of hydrogen-bond acceptors (Lipinski definition) is 3. The maximum absolute atomic E-state index is 14.0. The van der Waals surface area contributed by atoms with Crippen LogP contribution in [-0.2, 0) is 11.3 Å². The minimum absolute atomic E-state index is 0.0797. The van der Waals surface area contributed by atoms with Crippen LogP contribution < -0.4 is 10.1 Å². The van der Waals surface area contributed by atoms with E-state index in [1.54, 1.807) is 18.0 Å². The van der Waals surface area contributed by atoms with Crippen LogP contribution in [0, 0.1) is 5.82 Å². The molecule has 108 valence electrons. The molecule has 0 spiro atoms. The molecule has 0 aromatic heterocycles. The molecule has 1 saturated carbocycles. The summed E-state index contributed by atoms with van der Waals surface area (Å²) in [5.41, 5.74) is 0.900. The molecule has 1 aliphatic carbocycles. The van der Waals surface area contributed by atoms with E-state index in [2.05, 4.69) is 5.32 Å². The van der Waals surface area contributed by atoms with E-state index >= 15 is 0 Å². The lowest BCUT2D eigenvalue weighted by Crippen LogP contribution is -2.29. The van der Waals surface area contributed by atoms with Crippen molar-refractivity contribution in [1.82, 2.24) is 10.2 Å². The Labute approximate surface area is 117 Å². The predicted molar refractivity (Wildman–Crippen MR) is 72.9 cm³/mol. The minimum atomic E-state index is -0.551. The summed E-state index contributed by atoms with van der Waals surface area (Å²) < 4.78 is 19.5. The van der Waals surface area contributed by atoms with Gasteiger partial charge in [-0.3, -0.25) is 4.79 Å². The number of hydrogen-bond donors (Lipinski definition) is 1. The van der Waals surface area contributed by atoms with Crippen molar-refractivity contribution in [1.29, 1.82) is 0 Å². The van der Waals surface area contributed by atoms with Crippen molar-refractivity contribution >= 4 is 5.91 Å². The minimum Gasteiger partial charge on any atom is -0.477 e. The molecular weight excluding hydrogens is 259 g/mol. The highest BCUT2D eigenvalue weighted by Crippen LogP contribution is 2.24. The summed E-state index contributed by atoms with van der Waals surface area (Å²) >= 11 is 0. The highest BCUT2D eigenvalue weighted by molar-refractivity contribution is 5.83. The maximum Gasteiger partial charge on any atom is 0.263 e. The first-order valence-electron chi connectivity index (χ1n) is 7.07. The average Bonchev–Trinajstić information content (AvgIpc) is 3.21. The van der Waals surface area contributed by atoms with E-state index in [4.69, 9.17) is 4.74 Å². The van der Waals surface area contributed by atoms with E-state index in [0.29, 0.717) is 25.6 Å². The van der Waals surface area contributed by atoms with Crippen LogP contribution >= 0.6 is 0 Å². The number of amides is 1. The van der Waals surface area contributed by atoms with Gasteiger partial charge in [-0.2, -0.15) is 0 Å². The lowest BCUT2D eigenvalue weighted by molar-refractivity contribution is -0.132. The molecular formula is C15H19FN2O2. The van der Waals surface area contributed by atoms with Crippen LogP contribution in [0.2, 0.25) is 0 Å². The van der Waals surface area contributed by atoms with Gasteiger partial charge in [-0.1, -0.05) is 6.07 Å². The number of ether oxygens (including phenoxy) is 1. The van der Waals surface area contributed by atoms with Gasteiger partial charge in [0.2, 0.25) is 0 Å². The summed E-state index contributed by atoms with van der Waals surface area (Å²) in [6.07, 6.45) is 2.48. The van der Waals surface area contributed by atoms with Crippen LogP contribution in [0.1, 0.15) is 24.8 Å². The number of likely N-dealkylation sites (N-methyl/N-ethyl adjacent to an activating group) is 1. The fraction of sp³-hybridized carbons (Fsp3) is 0.533. The Balaban J connectivity index is 1.62. The second-order valence-corrected chi connectivity index (χ2v) is 5.57. The summed E-state index contributed by atoms with van der Waals surface area (Å²) in [5, 5.41) is 3.34. The first-order valence-corrected chi connectivity index (χ1v) is 7.07. The van der Waals surface area contributed by atoms with Gasteiger partial charge in [-0.15, -0.1) is 0 Å². The summed E-state index contributed by atoms with van der Waals surface area (Å²) in [4.78, 5) is 13.3. The molecule has 1 aliphatic heterocycles. The standard InChI is InChI=1S/C15H19FN2O2/c1-18-7-6-14(15(18)19)20-13-5-2-10(8-12(13)16)9-17-11-3-4-11/h2,5,8,11,14,17H,3-4,6-7,9H2,1H3. The zero-order valence-corrected chi connectivity index (χ0v) is 11.6. The van der Waals surface area contributed by atoms with Crippen molar-refractivity contribution in [3.8, 4) is 5.75 Å². The summed E-state index contributed by atoms with van der Waals surface area (Å²) in [7, 11) is 1.73. The molecule has 0 radical (unpaired) electrons. The zero-order valence-electron chi connectivity index (χ0n) is 11.6.